The molecule has 5 aliphatic rings. The van der Waals surface area contributed by atoms with E-state index in [0.717, 1.165) is 32.1 Å². The van der Waals surface area contributed by atoms with Gasteiger partial charge >= 0.3 is 0 Å². The van der Waals surface area contributed by atoms with Crippen molar-refractivity contribution in [1.29, 1.82) is 0 Å². The second kappa shape index (κ2) is 7.22. The standard InChI is InChI=1S/C30H52O3/c1-25(2)13-9-14-30(8,33-25)19-10-16-29(7)24(19)20(31)18-22-27(5)15-12-23(32)26(3,4)21(27)11-17-28(22,29)6/h19-24,31-32H,9-18H2,1-8H3/t19-,20-,21+,22-,23+,24+,27-,28-,29-,30-/m0/s1. The van der Waals surface area contributed by atoms with Crippen LogP contribution in [0.15, 0.2) is 0 Å². The Morgan fingerprint density at radius 2 is 1.36 bits per heavy atom. The predicted octanol–water partition coefficient (Wildman–Crippen LogP) is 6.74. The molecule has 1 saturated heterocycles. The molecule has 0 spiro atoms. The zero-order valence-corrected chi connectivity index (χ0v) is 22.8. The fraction of sp³-hybridized carbons (Fsp3) is 1.00. The van der Waals surface area contributed by atoms with Crippen LogP contribution in [-0.4, -0.2) is 33.6 Å². The summed E-state index contributed by atoms with van der Waals surface area (Å²) in [5, 5.41) is 22.8. The lowest BCUT2D eigenvalue weighted by molar-refractivity contribution is -0.257. The van der Waals surface area contributed by atoms with Gasteiger partial charge in [-0.2, -0.15) is 0 Å². The van der Waals surface area contributed by atoms with Crippen LogP contribution in [0.3, 0.4) is 0 Å². The van der Waals surface area contributed by atoms with E-state index < -0.39 is 0 Å². The van der Waals surface area contributed by atoms with Crippen molar-refractivity contribution in [1.82, 2.24) is 0 Å². The molecule has 0 aromatic heterocycles. The Hall–Kier alpha value is -0.120. The summed E-state index contributed by atoms with van der Waals surface area (Å²) >= 11 is 0. The number of ether oxygens (including phenoxy) is 1. The SMILES string of the molecule is CC1(C)CCC[C@@](C)([C@H]2CC[C@@]3(C)[C@H]2[C@@H](O)C[C@H]2[C@@]4(C)CC[C@@H](O)C(C)(C)[C@H]4CC[C@@]23C)O1. The van der Waals surface area contributed by atoms with Crippen molar-refractivity contribution in [2.75, 3.05) is 0 Å². The summed E-state index contributed by atoms with van der Waals surface area (Å²) in [6, 6.07) is 0. The van der Waals surface area contributed by atoms with Crippen LogP contribution in [0.5, 0.6) is 0 Å². The molecule has 4 saturated carbocycles. The molecule has 4 aliphatic carbocycles. The highest BCUT2D eigenvalue weighted by atomic mass is 16.5. The van der Waals surface area contributed by atoms with E-state index >= 15 is 0 Å². The molecule has 33 heavy (non-hydrogen) atoms. The molecule has 2 N–H and O–H groups in total. The van der Waals surface area contributed by atoms with Crippen LogP contribution in [0.2, 0.25) is 0 Å². The minimum absolute atomic E-state index is 0.0375. The van der Waals surface area contributed by atoms with Gasteiger partial charge in [-0.25, -0.2) is 0 Å². The van der Waals surface area contributed by atoms with Crippen LogP contribution >= 0.6 is 0 Å². The maximum atomic E-state index is 11.9. The Kier molecular flexibility index (Phi) is 5.38. The lowest BCUT2D eigenvalue weighted by atomic mass is 9.35. The monoisotopic (exact) mass is 460 g/mol. The summed E-state index contributed by atoms with van der Waals surface area (Å²) in [7, 11) is 0. The summed E-state index contributed by atoms with van der Waals surface area (Å²) in [5.74, 6) is 1.85. The fourth-order valence-corrected chi connectivity index (χ4v) is 11.3. The molecule has 0 aromatic rings. The Bertz CT molecular complexity index is 789. The second-order valence-electron chi connectivity index (χ2n) is 15.4. The van der Waals surface area contributed by atoms with Crippen LogP contribution in [0, 0.1) is 45.3 Å². The quantitative estimate of drug-likeness (QED) is 0.455. The largest absolute Gasteiger partial charge is 0.393 e. The Balaban J connectivity index is 1.51. The summed E-state index contributed by atoms with van der Waals surface area (Å²) in [4.78, 5) is 0. The van der Waals surface area contributed by atoms with Gasteiger partial charge in [0.25, 0.3) is 0 Å². The molecule has 3 heteroatoms. The Morgan fingerprint density at radius 1 is 0.697 bits per heavy atom. The first-order valence-electron chi connectivity index (χ1n) is 14.2. The molecule has 0 aromatic carbocycles. The number of hydrogen-bond donors (Lipinski definition) is 2. The van der Waals surface area contributed by atoms with Crippen LogP contribution < -0.4 is 0 Å². The van der Waals surface area contributed by atoms with Gasteiger partial charge in [0.1, 0.15) is 0 Å². The van der Waals surface area contributed by atoms with E-state index in [1.54, 1.807) is 0 Å². The van der Waals surface area contributed by atoms with E-state index in [1.807, 2.05) is 0 Å². The fourth-order valence-electron chi connectivity index (χ4n) is 11.3. The third kappa shape index (κ3) is 3.16. The second-order valence-corrected chi connectivity index (χ2v) is 15.4. The van der Waals surface area contributed by atoms with Crippen LogP contribution in [0.4, 0.5) is 0 Å². The molecule has 0 amide bonds. The molecule has 1 heterocycles. The molecule has 0 unspecified atom stereocenters. The van der Waals surface area contributed by atoms with Crippen LogP contribution in [0.1, 0.15) is 120 Å². The average Bonchev–Trinajstić information content (AvgIpc) is 3.07. The molecular weight excluding hydrogens is 408 g/mol. The normalized spacial score (nSPS) is 57.6. The summed E-state index contributed by atoms with van der Waals surface area (Å²) < 4.78 is 6.86. The Labute approximate surface area is 203 Å². The van der Waals surface area contributed by atoms with Gasteiger partial charge in [-0.3, -0.25) is 0 Å². The van der Waals surface area contributed by atoms with Gasteiger partial charge in [-0.05, 0) is 130 Å². The molecule has 1 aliphatic heterocycles. The van der Waals surface area contributed by atoms with E-state index in [4.69, 9.17) is 4.74 Å². The molecule has 0 radical (unpaired) electrons. The third-order valence-electron chi connectivity index (χ3n) is 13.1. The van der Waals surface area contributed by atoms with Gasteiger partial charge in [-0.15, -0.1) is 0 Å². The highest BCUT2D eigenvalue weighted by molar-refractivity contribution is 5.20. The van der Waals surface area contributed by atoms with Crippen molar-refractivity contribution < 1.29 is 14.9 Å². The molecular formula is C30H52O3. The van der Waals surface area contributed by atoms with E-state index in [2.05, 4.69) is 55.4 Å². The van der Waals surface area contributed by atoms with Gasteiger partial charge < -0.3 is 14.9 Å². The highest BCUT2D eigenvalue weighted by Gasteiger charge is 2.71. The van der Waals surface area contributed by atoms with E-state index in [1.165, 1.54) is 32.1 Å². The summed E-state index contributed by atoms with van der Waals surface area (Å²) in [6.45, 7) is 19.2. The van der Waals surface area contributed by atoms with Crippen molar-refractivity contribution in [3.8, 4) is 0 Å². The van der Waals surface area contributed by atoms with Crippen molar-refractivity contribution in [2.45, 2.75) is 143 Å². The zero-order chi connectivity index (χ0) is 24.2. The first kappa shape index (κ1) is 24.6. The van der Waals surface area contributed by atoms with Crippen molar-refractivity contribution in [3.63, 3.8) is 0 Å². The lowest BCUT2D eigenvalue weighted by Crippen LogP contribution is -2.66. The first-order chi connectivity index (χ1) is 15.1. The number of rotatable bonds is 1. The van der Waals surface area contributed by atoms with Crippen molar-refractivity contribution in [2.24, 2.45) is 45.3 Å². The minimum Gasteiger partial charge on any atom is -0.393 e. The molecule has 0 bridgehead atoms. The Morgan fingerprint density at radius 3 is 2.03 bits per heavy atom. The smallest absolute Gasteiger partial charge is 0.0693 e. The maximum absolute atomic E-state index is 11.9. The molecule has 5 fully saturated rings. The lowest BCUT2D eigenvalue weighted by Gasteiger charge is -2.70. The molecule has 190 valence electrons. The van der Waals surface area contributed by atoms with Gasteiger partial charge in [0.15, 0.2) is 0 Å². The summed E-state index contributed by atoms with van der Waals surface area (Å²) in [5.41, 5.74) is 0.392. The average molecular weight is 461 g/mol. The van der Waals surface area contributed by atoms with Crippen LogP contribution in [0.25, 0.3) is 0 Å². The van der Waals surface area contributed by atoms with Crippen molar-refractivity contribution in [3.05, 3.63) is 0 Å². The van der Waals surface area contributed by atoms with E-state index in [-0.39, 0.29) is 45.1 Å². The number of fused-ring (bicyclic) bond motifs is 5. The van der Waals surface area contributed by atoms with Gasteiger partial charge in [0.05, 0.1) is 23.4 Å². The first-order valence-corrected chi connectivity index (χ1v) is 14.2. The van der Waals surface area contributed by atoms with Crippen molar-refractivity contribution >= 4 is 0 Å². The number of aliphatic hydroxyl groups is 2. The van der Waals surface area contributed by atoms with E-state index in [0.29, 0.717) is 23.7 Å². The van der Waals surface area contributed by atoms with Crippen LogP contribution in [-0.2, 0) is 4.74 Å². The highest BCUT2D eigenvalue weighted by Crippen LogP contribution is 2.76. The summed E-state index contributed by atoms with van der Waals surface area (Å²) in [6.07, 6.45) is 10.9. The molecule has 10 atom stereocenters. The number of hydrogen-bond acceptors (Lipinski definition) is 3. The predicted molar refractivity (Wildman–Crippen MR) is 134 cm³/mol. The molecule has 3 nitrogen and oxygen atoms in total. The third-order valence-corrected chi connectivity index (χ3v) is 13.1. The van der Waals surface area contributed by atoms with Gasteiger partial charge in [0.2, 0.25) is 0 Å². The topological polar surface area (TPSA) is 49.7 Å². The van der Waals surface area contributed by atoms with Gasteiger partial charge in [0, 0.05) is 0 Å². The zero-order valence-electron chi connectivity index (χ0n) is 22.8. The number of aliphatic hydroxyl groups excluding tert-OH is 2. The van der Waals surface area contributed by atoms with Gasteiger partial charge in [-0.1, -0.05) is 34.6 Å². The van der Waals surface area contributed by atoms with E-state index in [9.17, 15) is 10.2 Å². The maximum Gasteiger partial charge on any atom is 0.0693 e. The minimum atomic E-state index is -0.239. The molecule has 5 rings (SSSR count).